The number of carbonyl (C=O) groups excluding carboxylic acids is 2. The molecule has 1 aromatic carbocycles. The molecule has 22 heavy (non-hydrogen) atoms. The maximum atomic E-state index is 12.3. The molecule has 5 nitrogen and oxygen atoms in total. The Bertz CT molecular complexity index is 577. The first kappa shape index (κ1) is 14.8. The third-order valence-corrected chi connectivity index (χ3v) is 4.09. The summed E-state index contributed by atoms with van der Waals surface area (Å²) in [6.07, 6.45) is 5.94. The van der Waals surface area contributed by atoms with Gasteiger partial charge in [0.15, 0.2) is 0 Å². The summed E-state index contributed by atoms with van der Waals surface area (Å²) in [4.78, 5) is 24.3. The average molecular weight is 300 g/mol. The van der Waals surface area contributed by atoms with Crippen LogP contribution >= 0.6 is 0 Å². The van der Waals surface area contributed by atoms with E-state index in [4.69, 9.17) is 4.74 Å². The first-order valence-corrected chi connectivity index (χ1v) is 7.90. The number of esters is 1. The standard InChI is InChI=1S/C17H20N2O3/c20-16-12-11-15(17(21)22-14-9-5-2-6-10-14)18-19(16)13-7-3-1-4-8-13/h1,3-4,7-8,14H,2,5-6,9-12H2. The van der Waals surface area contributed by atoms with Gasteiger partial charge < -0.3 is 4.74 Å². The minimum Gasteiger partial charge on any atom is -0.458 e. The lowest BCUT2D eigenvalue weighted by Crippen LogP contribution is -2.36. The molecule has 5 heteroatoms. The van der Waals surface area contributed by atoms with Gasteiger partial charge in [0.1, 0.15) is 11.8 Å². The summed E-state index contributed by atoms with van der Waals surface area (Å²) in [5, 5.41) is 5.53. The second-order valence-electron chi connectivity index (χ2n) is 5.75. The maximum Gasteiger partial charge on any atom is 0.354 e. The summed E-state index contributed by atoms with van der Waals surface area (Å²) in [6, 6.07) is 9.16. The Morgan fingerprint density at radius 1 is 1.09 bits per heavy atom. The molecule has 0 spiro atoms. The number of para-hydroxylation sites is 1. The van der Waals surface area contributed by atoms with Crippen LogP contribution in [0, 0.1) is 0 Å². The van der Waals surface area contributed by atoms with E-state index in [9.17, 15) is 9.59 Å². The van der Waals surface area contributed by atoms with E-state index in [0.717, 1.165) is 25.7 Å². The van der Waals surface area contributed by atoms with Crippen LogP contribution in [-0.4, -0.2) is 23.7 Å². The number of ether oxygens (including phenoxy) is 1. The monoisotopic (exact) mass is 300 g/mol. The van der Waals surface area contributed by atoms with Crippen molar-refractivity contribution in [2.75, 3.05) is 5.01 Å². The molecule has 0 aromatic heterocycles. The predicted molar refractivity (Wildman–Crippen MR) is 83.6 cm³/mol. The number of amides is 1. The second kappa shape index (κ2) is 6.73. The molecule has 1 aliphatic carbocycles. The number of benzene rings is 1. The van der Waals surface area contributed by atoms with Crippen molar-refractivity contribution in [2.45, 2.75) is 51.0 Å². The van der Waals surface area contributed by atoms with Crippen molar-refractivity contribution in [1.82, 2.24) is 0 Å². The van der Waals surface area contributed by atoms with E-state index >= 15 is 0 Å². The Labute approximate surface area is 129 Å². The normalized spacial score (nSPS) is 19.7. The lowest BCUT2D eigenvalue weighted by Gasteiger charge is -2.25. The highest BCUT2D eigenvalue weighted by molar-refractivity contribution is 6.38. The molecular formula is C17H20N2O3. The van der Waals surface area contributed by atoms with Gasteiger partial charge >= 0.3 is 5.97 Å². The summed E-state index contributed by atoms with van der Waals surface area (Å²) in [6.45, 7) is 0. The zero-order chi connectivity index (χ0) is 15.4. The number of rotatable bonds is 3. The minimum atomic E-state index is -0.375. The molecule has 0 saturated heterocycles. The van der Waals surface area contributed by atoms with E-state index in [-0.39, 0.29) is 24.4 Å². The third-order valence-electron chi connectivity index (χ3n) is 4.09. The van der Waals surface area contributed by atoms with Crippen molar-refractivity contribution >= 4 is 23.3 Å². The Morgan fingerprint density at radius 2 is 1.82 bits per heavy atom. The third kappa shape index (κ3) is 3.35. The van der Waals surface area contributed by atoms with Crippen LogP contribution in [0.2, 0.25) is 0 Å². The molecule has 0 unspecified atom stereocenters. The van der Waals surface area contributed by atoms with Crippen molar-refractivity contribution < 1.29 is 14.3 Å². The van der Waals surface area contributed by atoms with E-state index in [1.807, 2.05) is 18.2 Å². The van der Waals surface area contributed by atoms with E-state index < -0.39 is 0 Å². The van der Waals surface area contributed by atoms with Gasteiger partial charge in [0.25, 0.3) is 0 Å². The van der Waals surface area contributed by atoms with E-state index in [2.05, 4.69) is 5.10 Å². The fraction of sp³-hybridized carbons (Fsp3) is 0.471. The number of carbonyl (C=O) groups is 2. The highest BCUT2D eigenvalue weighted by Gasteiger charge is 2.28. The van der Waals surface area contributed by atoms with E-state index in [0.29, 0.717) is 17.8 Å². The van der Waals surface area contributed by atoms with Gasteiger partial charge in [0.2, 0.25) is 5.91 Å². The largest absolute Gasteiger partial charge is 0.458 e. The summed E-state index contributed by atoms with van der Waals surface area (Å²) < 4.78 is 5.54. The highest BCUT2D eigenvalue weighted by Crippen LogP contribution is 2.23. The Morgan fingerprint density at radius 3 is 2.55 bits per heavy atom. The summed E-state index contributed by atoms with van der Waals surface area (Å²) in [7, 11) is 0. The van der Waals surface area contributed by atoms with E-state index in [1.54, 1.807) is 12.1 Å². The molecule has 1 fully saturated rings. The smallest absolute Gasteiger partial charge is 0.354 e. The lowest BCUT2D eigenvalue weighted by atomic mass is 9.98. The van der Waals surface area contributed by atoms with Crippen molar-refractivity contribution in [3.8, 4) is 0 Å². The highest BCUT2D eigenvalue weighted by atomic mass is 16.5. The molecule has 2 aliphatic rings. The van der Waals surface area contributed by atoms with Crippen molar-refractivity contribution in [2.24, 2.45) is 5.10 Å². The van der Waals surface area contributed by atoms with E-state index in [1.165, 1.54) is 11.4 Å². The summed E-state index contributed by atoms with van der Waals surface area (Å²) >= 11 is 0. The Hall–Kier alpha value is -2.17. The van der Waals surface area contributed by atoms with Gasteiger partial charge in [0.05, 0.1) is 5.69 Å². The lowest BCUT2D eigenvalue weighted by molar-refractivity contribution is -0.142. The molecular weight excluding hydrogens is 280 g/mol. The fourth-order valence-corrected chi connectivity index (χ4v) is 2.87. The maximum absolute atomic E-state index is 12.3. The van der Waals surface area contributed by atoms with Crippen LogP contribution in [0.1, 0.15) is 44.9 Å². The zero-order valence-electron chi connectivity index (χ0n) is 12.5. The molecule has 1 aromatic rings. The second-order valence-corrected chi connectivity index (χ2v) is 5.75. The first-order chi connectivity index (χ1) is 10.7. The summed E-state index contributed by atoms with van der Waals surface area (Å²) in [5.74, 6) is -0.472. The van der Waals surface area contributed by atoms with Gasteiger partial charge in [-0.25, -0.2) is 9.80 Å². The molecule has 0 atom stereocenters. The van der Waals surface area contributed by atoms with Crippen LogP contribution in [0.5, 0.6) is 0 Å². The zero-order valence-corrected chi connectivity index (χ0v) is 12.5. The topological polar surface area (TPSA) is 59.0 Å². The van der Waals surface area contributed by atoms with Crippen molar-refractivity contribution in [3.05, 3.63) is 30.3 Å². The SMILES string of the molecule is O=C(OC1CCCCC1)C1=NN(c2ccccc2)C(=O)CC1. The molecule has 3 rings (SSSR count). The number of anilines is 1. The molecule has 1 amide bonds. The molecule has 1 heterocycles. The van der Waals surface area contributed by atoms with Gasteiger partial charge in [-0.1, -0.05) is 24.6 Å². The number of nitrogens with zero attached hydrogens (tertiary/aromatic N) is 2. The van der Waals surface area contributed by atoms with Gasteiger partial charge in [-0.05, 0) is 37.8 Å². The van der Waals surface area contributed by atoms with Gasteiger partial charge in [0, 0.05) is 12.8 Å². The quantitative estimate of drug-likeness (QED) is 0.806. The van der Waals surface area contributed by atoms with Gasteiger partial charge in [-0.3, -0.25) is 4.79 Å². The molecule has 1 saturated carbocycles. The number of hydrazone groups is 1. The van der Waals surface area contributed by atoms with Crippen LogP contribution in [-0.2, 0) is 14.3 Å². The van der Waals surface area contributed by atoms with Crippen LogP contribution in [0.15, 0.2) is 35.4 Å². The summed E-state index contributed by atoms with van der Waals surface area (Å²) in [5.41, 5.74) is 1.02. The van der Waals surface area contributed by atoms with Crippen LogP contribution in [0.3, 0.4) is 0 Å². The van der Waals surface area contributed by atoms with Crippen LogP contribution in [0.4, 0.5) is 5.69 Å². The fourth-order valence-electron chi connectivity index (χ4n) is 2.87. The molecule has 1 aliphatic heterocycles. The van der Waals surface area contributed by atoms with Crippen LogP contribution in [0.25, 0.3) is 0 Å². The Balaban J connectivity index is 1.72. The first-order valence-electron chi connectivity index (χ1n) is 7.90. The van der Waals surface area contributed by atoms with Crippen molar-refractivity contribution in [3.63, 3.8) is 0 Å². The van der Waals surface area contributed by atoms with Crippen molar-refractivity contribution in [1.29, 1.82) is 0 Å². The Kier molecular flexibility index (Phi) is 4.51. The number of hydrogen-bond donors (Lipinski definition) is 0. The average Bonchev–Trinajstić information content (AvgIpc) is 2.57. The van der Waals surface area contributed by atoms with Gasteiger partial charge in [-0.15, -0.1) is 0 Å². The molecule has 0 N–H and O–H groups in total. The number of hydrogen-bond acceptors (Lipinski definition) is 4. The van der Waals surface area contributed by atoms with Gasteiger partial charge in [-0.2, -0.15) is 5.10 Å². The predicted octanol–water partition coefficient (Wildman–Crippen LogP) is 3.05. The van der Waals surface area contributed by atoms with Crippen LogP contribution < -0.4 is 5.01 Å². The molecule has 0 bridgehead atoms. The minimum absolute atomic E-state index is 0.00625. The molecule has 116 valence electrons. The molecule has 0 radical (unpaired) electrons.